The van der Waals surface area contributed by atoms with E-state index in [0.29, 0.717) is 34.6 Å². The smallest absolute Gasteiger partial charge is 0.237 e. The molecule has 0 N–H and O–H groups in total. The Hall–Kier alpha value is -1.87. The quantitative estimate of drug-likeness (QED) is 0.615. The van der Waals surface area contributed by atoms with Crippen molar-refractivity contribution in [1.82, 2.24) is 0 Å². The number of carbonyl (C=O) groups excluding carboxylic acids is 2. The van der Waals surface area contributed by atoms with Gasteiger partial charge in [-0.1, -0.05) is 6.92 Å². The number of fused-ring (bicyclic) bond motifs is 3. The Morgan fingerprint density at radius 1 is 1.05 bits per heavy atom. The molecule has 1 aliphatic rings. The number of hydrogen-bond acceptors (Lipinski definition) is 3. The van der Waals surface area contributed by atoms with E-state index in [-0.39, 0.29) is 5.88 Å². The van der Waals surface area contributed by atoms with Crippen molar-refractivity contribution in [3.63, 3.8) is 0 Å². The monoisotopic (exact) mass is 302 g/mol. The Bertz CT molecular complexity index is 784. The average molecular weight is 303 g/mol. The molecule has 1 heterocycles. The van der Waals surface area contributed by atoms with Crippen LogP contribution in [0.1, 0.15) is 50.1 Å². The predicted molar refractivity (Wildman–Crippen MR) is 81.2 cm³/mol. The van der Waals surface area contributed by atoms with Crippen molar-refractivity contribution in [3.8, 4) is 11.3 Å². The van der Waals surface area contributed by atoms with Crippen LogP contribution in [0.4, 0.5) is 0 Å². The summed E-state index contributed by atoms with van der Waals surface area (Å²) in [7, 11) is 0. The molecule has 0 saturated heterocycles. The lowest BCUT2D eigenvalue weighted by Gasteiger charge is -2.16. The lowest BCUT2D eigenvalue weighted by atomic mass is 9.84. The van der Waals surface area contributed by atoms with Crippen LogP contribution in [0.2, 0.25) is 0 Å². The van der Waals surface area contributed by atoms with Gasteiger partial charge in [0.15, 0.2) is 0 Å². The van der Waals surface area contributed by atoms with Crippen molar-refractivity contribution in [1.29, 1.82) is 0 Å². The second kappa shape index (κ2) is 4.85. The third-order valence-corrected chi connectivity index (χ3v) is 4.36. The van der Waals surface area contributed by atoms with Crippen LogP contribution in [0.15, 0.2) is 16.5 Å². The Morgan fingerprint density at radius 3 is 2.24 bits per heavy atom. The lowest BCUT2D eigenvalue weighted by molar-refractivity contribution is 0.0814. The van der Waals surface area contributed by atoms with Crippen LogP contribution in [-0.4, -0.2) is 11.6 Å². The molecule has 4 heteroatoms. The summed E-state index contributed by atoms with van der Waals surface area (Å²) in [6, 6.07) is 3.68. The van der Waals surface area contributed by atoms with Crippen LogP contribution >= 0.6 is 11.6 Å². The Kier molecular flexibility index (Phi) is 3.25. The molecule has 1 aromatic heterocycles. The van der Waals surface area contributed by atoms with Gasteiger partial charge in [-0.25, -0.2) is 0 Å². The fraction of sp³-hybridized carbons (Fsp3) is 0.294. The third kappa shape index (κ3) is 1.88. The molecule has 0 atom stereocenters. The number of hydrogen-bond donors (Lipinski definition) is 0. The zero-order valence-corrected chi connectivity index (χ0v) is 12.9. The molecule has 2 aromatic rings. The molecule has 0 bridgehead atoms. The summed E-state index contributed by atoms with van der Waals surface area (Å²) in [5.74, 6) is 0.314. The van der Waals surface area contributed by atoms with E-state index in [4.69, 9.17) is 16.0 Å². The molecule has 0 fully saturated rings. The summed E-state index contributed by atoms with van der Waals surface area (Å²) in [4.78, 5) is 24.8. The summed E-state index contributed by atoms with van der Waals surface area (Å²) in [6.07, 6.45) is 0.611. The summed E-state index contributed by atoms with van der Waals surface area (Å²) >= 11 is 5.91. The number of alkyl halides is 1. The molecule has 3 rings (SSSR count). The molecule has 0 amide bonds. The number of ketones is 2. The lowest BCUT2D eigenvalue weighted by Crippen LogP contribution is -2.21. The van der Waals surface area contributed by atoms with Gasteiger partial charge in [-0.15, -0.1) is 11.6 Å². The highest BCUT2D eigenvalue weighted by Gasteiger charge is 2.36. The number of aryl methyl sites for hydroxylation is 2. The van der Waals surface area contributed by atoms with Crippen molar-refractivity contribution in [2.24, 2.45) is 0 Å². The Balaban J connectivity index is 2.39. The first-order chi connectivity index (χ1) is 9.99. The number of carbonyl (C=O) groups is 2. The van der Waals surface area contributed by atoms with Gasteiger partial charge in [0.2, 0.25) is 11.6 Å². The van der Waals surface area contributed by atoms with E-state index in [1.54, 1.807) is 6.07 Å². The van der Waals surface area contributed by atoms with Gasteiger partial charge in [0.1, 0.15) is 11.5 Å². The van der Waals surface area contributed by atoms with E-state index in [9.17, 15) is 9.59 Å². The van der Waals surface area contributed by atoms with Crippen molar-refractivity contribution in [3.05, 3.63) is 45.7 Å². The van der Waals surface area contributed by atoms with Crippen LogP contribution in [0, 0.1) is 13.8 Å². The molecule has 1 aromatic carbocycles. The number of furan rings is 1. The molecule has 0 saturated carbocycles. The summed E-state index contributed by atoms with van der Waals surface area (Å²) in [5, 5.41) is 0. The molecule has 21 heavy (non-hydrogen) atoms. The molecule has 3 nitrogen and oxygen atoms in total. The normalized spacial score (nSPS) is 13.3. The van der Waals surface area contributed by atoms with Crippen molar-refractivity contribution < 1.29 is 14.0 Å². The minimum atomic E-state index is -0.488. The topological polar surface area (TPSA) is 47.3 Å². The predicted octanol–water partition coefficient (Wildman–Crippen LogP) is 4.24. The Labute approximate surface area is 127 Å². The molecule has 0 unspecified atom stereocenters. The van der Waals surface area contributed by atoms with Gasteiger partial charge in [0.25, 0.3) is 0 Å². The van der Waals surface area contributed by atoms with E-state index in [1.807, 2.05) is 26.8 Å². The van der Waals surface area contributed by atoms with Gasteiger partial charge < -0.3 is 4.42 Å². The van der Waals surface area contributed by atoms with E-state index in [2.05, 4.69) is 0 Å². The van der Waals surface area contributed by atoms with Gasteiger partial charge >= 0.3 is 0 Å². The van der Waals surface area contributed by atoms with Gasteiger partial charge in [-0.05, 0) is 43.5 Å². The van der Waals surface area contributed by atoms with Gasteiger partial charge in [-0.3, -0.25) is 9.59 Å². The molecule has 1 aliphatic carbocycles. The van der Waals surface area contributed by atoms with E-state index in [0.717, 1.165) is 16.7 Å². The first-order valence-electron chi connectivity index (χ1n) is 6.90. The standard InChI is InChI=1S/C17H15ClO3/c1-4-10-13(7-18)21-17-12-6-9(3)8(2)5-11(12)15(19)16(20)14(10)17/h5-6H,4,7H2,1-3H3. The summed E-state index contributed by atoms with van der Waals surface area (Å²) < 4.78 is 5.81. The highest BCUT2D eigenvalue weighted by atomic mass is 35.5. The number of halogens is 1. The average Bonchev–Trinajstić information content (AvgIpc) is 2.85. The second-order valence-corrected chi connectivity index (χ2v) is 5.60. The fourth-order valence-electron chi connectivity index (χ4n) is 2.85. The van der Waals surface area contributed by atoms with Crippen LogP contribution < -0.4 is 0 Å². The highest BCUT2D eigenvalue weighted by Crippen LogP contribution is 2.40. The van der Waals surface area contributed by atoms with Crippen LogP contribution in [0.5, 0.6) is 0 Å². The zero-order valence-electron chi connectivity index (χ0n) is 12.2. The molecule has 0 spiro atoms. The first kappa shape index (κ1) is 14.1. The van der Waals surface area contributed by atoms with Crippen molar-refractivity contribution >= 4 is 23.2 Å². The third-order valence-electron chi connectivity index (χ3n) is 4.12. The maximum atomic E-state index is 12.4. The second-order valence-electron chi connectivity index (χ2n) is 5.34. The fourth-order valence-corrected chi connectivity index (χ4v) is 3.07. The molecule has 0 aliphatic heterocycles. The van der Waals surface area contributed by atoms with Crippen molar-refractivity contribution in [2.75, 3.05) is 0 Å². The number of rotatable bonds is 2. The maximum Gasteiger partial charge on any atom is 0.237 e. The number of benzene rings is 1. The van der Waals surface area contributed by atoms with E-state index < -0.39 is 11.6 Å². The Morgan fingerprint density at radius 2 is 1.67 bits per heavy atom. The van der Waals surface area contributed by atoms with Gasteiger partial charge in [-0.2, -0.15) is 0 Å². The summed E-state index contributed by atoms with van der Waals surface area (Å²) in [6.45, 7) is 5.82. The van der Waals surface area contributed by atoms with Gasteiger partial charge in [0.05, 0.1) is 11.4 Å². The van der Waals surface area contributed by atoms with Crippen LogP contribution in [0.25, 0.3) is 11.3 Å². The number of Topliss-reactive ketones (excluding diaryl/α,β-unsaturated/α-hetero) is 2. The first-order valence-corrected chi connectivity index (χ1v) is 7.44. The van der Waals surface area contributed by atoms with E-state index in [1.165, 1.54) is 0 Å². The zero-order chi connectivity index (χ0) is 15.3. The van der Waals surface area contributed by atoms with Crippen molar-refractivity contribution in [2.45, 2.75) is 33.1 Å². The minimum Gasteiger partial charge on any atom is -0.459 e. The molecule has 108 valence electrons. The molecule has 0 radical (unpaired) electrons. The van der Waals surface area contributed by atoms with E-state index >= 15 is 0 Å². The SMILES string of the molecule is CCc1c(CCl)oc2c1C(=O)C(=O)c1cc(C)c(C)cc1-2. The summed E-state index contributed by atoms with van der Waals surface area (Å²) in [5.41, 5.74) is 4.31. The van der Waals surface area contributed by atoms with Crippen LogP contribution in [-0.2, 0) is 12.3 Å². The largest absolute Gasteiger partial charge is 0.459 e. The minimum absolute atomic E-state index is 0.192. The van der Waals surface area contributed by atoms with Crippen LogP contribution in [0.3, 0.4) is 0 Å². The highest BCUT2D eigenvalue weighted by molar-refractivity contribution is 6.53. The maximum absolute atomic E-state index is 12.4. The molecular formula is C17H15ClO3. The molecular weight excluding hydrogens is 288 g/mol. The van der Waals surface area contributed by atoms with Gasteiger partial charge in [0, 0.05) is 16.7 Å².